The SMILES string of the molecule is CCOC(=O)/C=C/OC(C[Se])Cc1ccccc1. The normalized spacial score (nSPS) is 12.3. The van der Waals surface area contributed by atoms with E-state index < -0.39 is 0 Å². The molecule has 0 heterocycles. The van der Waals surface area contributed by atoms with E-state index in [1.54, 1.807) is 6.92 Å². The molecule has 0 spiro atoms. The zero-order chi connectivity index (χ0) is 13.2. The monoisotopic (exact) mass is 313 g/mol. The van der Waals surface area contributed by atoms with Gasteiger partial charge >= 0.3 is 116 Å². The molecule has 0 saturated carbocycles. The number of ether oxygens (including phenoxy) is 2. The molecular weight excluding hydrogens is 295 g/mol. The van der Waals surface area contributed by atoms with E-state index in [1.165, 1.54) is 17.9 Å². The molecule has 0 aromatic heterocycles. The van der Waals surface area contributed by atoms with Crippen LogP contribution in [0.15, 0.2) is 42.7 Å². The minimum absolute atomic E-state index is 0.0260. The minimum atomic E-state index is -0.379. The summed E-state index contributed by atoms with van der Waals surface area (Å²) in [5.74, 6) is -0.379. The van der Waals surface area contributed by atoms with Gasteiger partial charge in [-0.15, -0.1) is 0 Å². The van der Waals surface area contributed by atoms with Gasteiger partial charge in [0.05, 0.1) is 0 Å². The number of carbonyl (C=O) groups excluding carboxylic acids is 1. The summed E-state index contributed by atoms with van der Waals surface area (Å²) in [6, 6.07) is 10.1. The van der Waals surface area contributed by atoms with Crippen LogP contribution in [-0.4, -0.2) is 34.7 Å². The van der Waals surface area contributed by atoms with Crippen LogP contribution in [0.25, 0.3) is 0 Å². The molecule has 0 bridgehead atoms. The predicted molar refractivity (Wildman–Crippen MR) is 71.4 cm³/mol. The van der Waals surface area contributed by atoms with Gasteiger partial charge in [0.1, 0.15) is 0 Å². The number of rotatable bonds is 7. The fraction of sp³-hybridized carbons (Fsp3) is 0.357. The van der Waals surface area contributed by atoms with E-state index in [4.69, 9.17) is 9.47 Å². The Morgan fingerprint density at radius 3 is 2.72 bits per heavy atom. The molecular formula is C14H17O3Se. The van der Waals surface area contributed by atoms with E-state index in [-0.39, 0.29) is 12.1 Å². The summed E-state index contributed by atoms with van der Waals surface area (Å²) in [6.07, 6.45) is 3.54. The van der Waals surface area contributed by atoms with Crippen molar-refractivity contribution < 1.29 is 14.3 Å². The van der Waals surface area contributed by atoms with Gasteiger partial charge in [-0.25, -0.2) is 0 Å². The van der Waals surface area contributed by atoms with E-state index in [0.29, 0.717) is 6.61 Å². The van der Waals surface area contributed by atoms with Gasteiger partial charge in [0.15, 0.2) is 0 Å². The molecule has 18 heavy (non-hydrogen) atoms. The Labute approximate surface area is 116 Å². The van der Waals surface area contributed by atoms with E-state index in [0.717, 1.165) is 11.7 Å². The molecule has 1 unspecified atom stereocenters. The molecule has 0 aliphatic heterocycles. The maximum absolute atomic E-state index is 11.1. The quantitative estimate of drug-likeness (QED) is 0.335. The second-order valence-electron chi connectivity index (χ2n) is 3.67. The van der Waals surface area contributed by atoms with Gasteiger partial charge in [-0.3, -0.25) is 0 Å². The van der Waals surface area contributed by atoms with Crippen molar-refractivity contribution in [2.75, 3.05) is 6.61 Å². The molecule has 0 saturated heterocycles. The van der Waals surface area contributed by atoms with Crippen LogP contribution in [0, 0.1) is 0 Å². The summed E-state index contributed by atoms with van der Waals surface area (Å²) in [5, 5.41) is 0.766. The van der Waals surface area contributed by atoms with Crippen LogP contribution in [0.4, 0.5) is 0 Å². The van der Waals surface area contributed by atoms with Crippen LogP contribution in [0.5, 0.6) is 0 Å². The van der Waals surface area contributed by atoms with Crippen LogP contribution in [0.2, 0.25) is 5.32 Å². The average Bonchev–Trinajstić information content (AvgIpc) is 2.39. The second-order valence-corrected chi connectivity index (χ2v) is 4.37. The Balaban J connectivity index is 2.41. The zero-order valence-electron chi connectivity index (χ0n) is 10.4. The molecule has 3 nitrogen and oxygen atoms in total. The summed E-state index contributed by atoms with van der Waals surface area (Å²) in [7, 11) is 0. The van der Waals surface area contributed by atoms with Crippen LogP contribution >= 0.6 is 0 Å². The third kappa shape index (κ3) is 5.89. The fourth-order valence-corrected chi connectivity index (χ4v) is 1.83. The van der Waals surface area contributed by atoms with Crippen LogP contribution < -0.4 is 0 Å². The first kappa shape index (κ1) is 14.8. The Hall–Kier alpha value is -1.25. The van der Waals surface area contributed by atoms with Gasteiger partial charge in [-0.1, -0.05) is 0 Å². The Kier molecular flexibility index (Phi) is 7.23. The van der Waals surface area contributed by atoms with Crippen molar-refractivity contribution >= 4 is 22.0 Å². The van der Waals surface area contributed by atoms with E-state index in [1.807, 2.05) is 18.2 Å². The van der Waals surface area contributed by atoms with Crippen LogP contribution in [0.1, 0.15) is 12.5 Å². The van der Waals surface area contributed by atoms with Crippen molar-refractivity contribution in [2.45, 2.75) is 24.8 Å². The third-order valence-electron chi connectivity index (χ3n) is 2.25. The first-order chi connectivity index (χ1) is 8.76. The summed E-state index contributed by atoms with van der Waals surface area (Å²) < 4.78 is 10.3. The molecule has 4 heteroatoms. The van der Waals surface area contributed by atoms with Gasteiger partial charge in [0, 0.05) is 0 Å². The number of benzene rings is 1. The molecule has 1 rings (SSSR count). The summed E-state index contributed by atoms with van der Waals surface area (Å²) in [5.41, 5.74) is 1.21. The van der Waals surface area contributed by atoms with E-state index >= 15 is 0 Å². The van der Waals surface area contributed by atoms with Gasteiger partial charge in [-0.2, -0.15) is 0 Å². The van der Waals surface area contributed by atoms with Crippen molar-refractivity contribution in [1.82, 2.24) is 0 Å². The van der Waals surface area contributed by atoms with Gasteiger partial charge < -0.3 is 0 Å². The predicted octanol–water partition coefficient (Wildman–Crippen LogP) is 2.28. The molecule has 0 aliphatic carbocycles. The second kappa shape index (κ2) is 8.78. The Morgan fingerprint density at radius 2 is 2.11 bits per heavy atom. The molecule has 1 aromatic carbocycles. The molecule has 0 aliphatic rings. The zero-order valence-corrected chi connectivity index (χ0v) is 12.1. The number of esters is 1. The van der Waals surface area contributed by atoms with Crippen LogP contribution in [0.3, 0.4) is 0 Å². The van der Waals surface area contributed by atoms with Crippen molar-refractivity contribution in [3.05, 3.63) is 48.2 Å². The van der Waals surface area contributed by atoms with Crippen molar-refractivity contribution in [3.63, 3.8) is 0 Å². The molecule has 1 radical (unpaired) electrons. The third-order valence-corrected chi connectivity index (χ3v) is 3.03. The van der Waals surface area contributed by atoms with Crippen molar-refractivity contribution in [1.29, 1.82) is 0 Å². The number of hydrogen-bond acceptors (Lipinski definition) is 3. The molecule has 0 N–H and O–H groups in total. The summed E-state index contributed by atoms with van der Waals surface area (Å²) in [4.78, 5) is 11.1. The van der Waals surface area contributed by atoms with Gasteiger partial charge in [0.25, 0.3) is 0 Å². The van der Waals surface area contributed by atoms with Gasteiger partial charge in [0.2, 0.25) is 0 Å². The first-order valence-corrected chi connectivity index (χ1v) is 7.08. The molecule has 97 valence electrons. The topological polar surface area (TPSA) is 35.5 Å². The fourth-order valence-electron chi connectivity index (χ4n) is 1.42. The van der Waals surface area contributed by atoms with E-state index in [9.17, 15) is 4.79 Å². The van der Waals surface area contributed by atoms with Crippen molar-refractivity contribution in [2.24, 2.45) is 0 Å². The molecule has 1 aromatic rings. The van der Waals surface area contributed by atoms with Gasteiger partial charge in [-0.05, 0) is 0 Å². The maximum atomic E-state index is 11.1. The average molecular weight is 312 g/mol. The first-order valence-electron chi connectivity index (χ1n) is 5.87. The standard InChI is InChI=1S/C14H17O3Se/c1-2-16-14(15)8-9-17-13(11-18)10-12-6-4-3-5-7-12/h3-9,13H,2,10-11H2,1H3/b9-8+. The molecule has 1 atom stereocenters. The Morgan fingerprint density at radius 1 is 1.39 bits per heavy atom. The van der Waals surface area contributed by atoms with Crippen LogP contribution in [-0.2, 0) is 20.7 Å². The molecule has 0 fully saturated rings. The molecule has 0 amide bonds. The summed E-state index contributed by atoms with van der Waals surface area (Å²) in [6.45, 7) is 2.14. The number of carbonyl (C=O) groups is 1. The number of hydrogen-bond donors (Lipinski definition) is 0. The van der Waals surface area contributed by atoms with E-state index in [2.05, 4.69) is 28.1 Å². The van der Waals surface area contributed by atoms with Crippen molar-refractivity contribution in [3.8, 4) is 0 Å². The summed E-state index contributed by atoms with van der Waals surface area (Å²) >= 11 is 2.95. The Bertz CT molecular complexity index is 376.